The summed E-state index contributed by atoms with van der Waals surface area (Å²) in [6, 6.07) is 7.19. The minimum absolute atomic E-state index is 0.0708. The monoisotopic (exact) mass is 453 g/mol. The number of esters is 1. The maximum absolute atomic E-state index is 12.5. The molecule has 0 fully saturated rings. The van der Waals surface area contributed by atoms with Gasteiger partial charge < -0.3 is 10.5 Å². The second-order valence-corrected chi connectivity index (χ2v) is 8.65. The number of rotatable bonds is 9. The molecule has 0 bridgehead atoms. The molecule has 1 heterocycles. The minimum Gasteiger partial charge on any atom is -0.457 e. The van der Waals surface area contributed by atoms with E-state index in [2.05, 4.69) is 0 Å². The lowest BCUT2D eigenvalue weighted by atomic mass is 10.1. The van der Waals surface area contributed by atoms with Crippen molar-refractivity contribution in [1.82, 2.24) is 9.13 Å². The van der Waals surface area contributed by atoms with Crippen molar-refractivity contribution in [3.63, 3.8) is 0 Å². The SMILES string of the molecule is CC(C)Cn1c(N)c(C(=O)COC(=O)CCSc2ccc(Cl)cc2)c(=O)n(C)c1=O. The molecule has 0 spiro atoms. The second kappa shape index (κ2) is 10.5. The number of ketones is 1. The number of carbonyl (C=O) groups excluding carboxylic acids is 2. The van der Waals surface area contributed by atoms with Gasteiger partial charge in [0.15, 0.2) is 6.61 Å². The summed E-state index contributed by atoms with van der Waals surface area (Å²) >= 11 is 7.27. The molecule has 30 heavy (non-hydrogen) atoms. The highest BCUT2D eigenvalue weighted by Crippen LogP contribution is 2.21. The first-order chi connectivity index (χ1) is 14.1. The van der Waals surface area contributed by atoms with Gasteiger partial charge in [0.1, 0.15) is 11.4 Å². The first kappa shape index (κ1) is 23.8. The number of ether oxygens (including phenoxy) is 1. The van der Waals surface area contributed by atoms with Crippen molar-refractivity contribution in [3.05, 3.63) is 55.7 Å². The minimum atomic E-state index is -0.808. The molecule has 0 saturated heterocycles. The summed E-state index contributed by atoms with van der Waals surface area (Å²) in [5.41, 5.74) is 4.19. The second-order valence-electron chi connectivity index (χ2n) is 7.05. The maximum Gasteiger partial charge on any atom is 0.332 e. The number of hydrogen-bond donors (Lipinski definition) is 1. The van der Waals surface area contributed by atoms with Gasteiger partial charge in [0.2, 0.25) is 5.78 Å². The Hall–Kier alpha value is -2.52. The third-order valence-corrected chi connectivity index (χ3v) is 5.43. The lowest BCUT2D eigenvalue weighted by Gasteiger charge is -2.16. The Labute approximate surface area is 183 Å². The van der Waals surface area contributed by atoms with Crippen LogP contribution >= 0.6 is 23.4 Å². The summed E-state index contributed by atoms with van der Waals surface area (Å²) in [5, 5.41) is 0.627. The van der Waals surface area contributed by atoms with Crippen LogP contribution in [0.4, 0.5) is 5.82 Å². The van der Waals surface area contributed by atoms with E-state index in [-0.39, 0.29) is 30.3 Å². The lowest BCUT2D eigenvalue weighted by molar-refractivity contribution is -0.141. The van der Waals surface area contributed by atoms with Crippen LogP contribution in [0.5, 0.6) is 0 Å². The van der Waals surface area contributed by atoms with Gasteiger partial charge in [0.25, 0.3) is 5.56 Å². The predicted molar refractivity (Wildman–Crippen MR) is 117 cm³/mol. The van der Waals surface area contributed by atoms with E-state index in [0.717, 1.165) is 9.46 Å². The Kier molecular flexibility index (Phi) is 8.31. The molecule has 2 N–H and O–H groups in total. The summed E-state index contributed by atoms with van der Waals surface area (Å²) in [7, 11) is 1.28. The predicted octanol–water partition coefficient (Wildman–Crippen LogP) is 2.35. The topological polar surface area (TPSA) is 113 Å². The third kappa shape index (κ3) is 5.99. The van der Waals surface area contributed by atoms with E-state index in [1.54, 1.807) is 12.1 Å². The van der Waals surface area contributed by atoms with Gasteiger partial charge in [-0.2, -0.15) is 0 Å². The van der Waals surface area contributed by atoms with Crippen LogP contribution in [0.1, 0.15) is 30.6 Å². The van der Waals surface area contributed by atoms with E-state index in [0.29, 0.717) is 10.8 Å². The Balaban J connectivity index is 2.01. The molecule has 2 rings (SSSR count). The Bertz CT molecular complexity index is 1040. The Morgan fingerprint density at radius 3 is 2.43 bits per heavy atom. The summed E-state index contributed by atoms with van der Waals surface area (Å²) in [6.07, 6.45) is 0.0842. The van der Waals surface area contributed by atoms with Crippen LogP contribution in [0.2, 0.25) is 5.02 Å². The van der Waals surface area contributed by atoms with Gasteiger partial charge in [-0.15, -0.1) is 11.8 Å². The Morgan fingerprint density at radius 2 is 1.83 bits per heavy atom. The van der Waals surface area contributed by atoms with E-state index >= 15 is 0 Å². The molecule has 1 aromatic heterocycles. The van der Waals surface area contributed by atoms with Gasteiger partial charge in [-0.05, 0) is 30.2 Å². The summed E-state index contributed by atoms with van der Waals surface area (Å²) in [5.74, 6) is -1.00. The molecule has 0 unspecified atom stereocenters. The average molecular weight is 454 g/mol. The number of aromatic nitrogens is 2. The molecule has 8 nitrogen and oxygen atoms in total. The number of hydrogen-bond acceptors (Lipinski definition) is 7. The average Bonchev–Trinajstić information content (AvgIpc) is 2.69. The molecule has 0 radical (unpaired) electrons. The number of nitrogen functional groups attached to an aromatic ring is 1. The van der Waals surface area contributed by atoms with Crippen molar-refractivity contribution in [1.29, 1.82) is 0 Å². The fraction of sp³-hybridized carbons (Fsp3) is 0.400. The van der Waals surface area contributed by atoms with Gasteiger partial charge in [-0.25, -0.2) is 4.79 Å². The quantitative estimate of drug-likeness (QED) is 0.352. The number of nitrogens with two attached hydrogens (primary N) is 1. The standard InChI is InChI=1S/C20H24ClN3O5S/c1-12(2)10-24-18(22)17(19(27)23(3)20(24)28)15(25)11-29-16(26)8-9-30-14-6-4-13(21)5-7-14/h4-7,12H,8-11,22H2,1-3H3. The smallest absolute Gasteiger partial charge is 0.332 e. The summed E-state index contributed by atoms with van der Waals surface area (Å²) in [6.45, 7) is 3.38. The van der Waals surface area contributed by atoms with Crippen LogP contribution in [-0.4, -0.2) is 33.2 Å². The van der Waals surface area contributed by atoms with E-state index in [1.165, 1.54) is 23.4 Å². The maximum atomic E-state index is 12.5. The zero-order valence-corrected chi connectivity index (χ0v) is 18.6. The number of anilines is 1. The number of benzene rings is 1. The van der Waals surface area contributed by atoms with Crippen LogP contribution in [-0.2, 0) is 23.1 Å². The van der Waals surface area contributed by atoms with Crippen molar-refractivity contribution < 1.29 is 14.3 Å². The fourth-order valence-corrected chi connectivity index (χ4v) is 3.62. The van der Waals surface area contributed by atoms with Crippen LogP contribution in [0.15, 0.2) is 38.8 Å². The normalized spacial score (nSPS) is 11.0. The molecule has 0 atom stereocenters. The molecule has 2 aromatic rings. The lowest BCUT2D eigenvalue weighted by Crippen LogP contribution is -2.43. The first-order valence-electron chi connectivity index (χ1n) is 9.28. The Morgan fingerprint density at radius 1 is 1.20 bits per heavy atom. The molecule has 0 aliphatic heterocycles. The zero-order chi connectivity index (χ0) is 22.4. The highest BCUT2D eigenvalue weighted by atomic mass is 35.5. The largest absolute Gasteiger partial charge is 0.457 e. The number of halogens is 1. The molecule has 10 heteroatoms. The van der Waals surface area contributed by atoms with Gasteiger partial charge in [-0.3, -0.25) is 23.5 Å². The molecule has 0 saturated carbocycles. The van der Waals surface area contributed by atoms with Crippen molar-refractivity contribution >= 4 is 40.9 Å². The molecule has 162 valence electrons. The highest BCUT2D eigenvalue weighted by molar-refractivity contribution is 7.99. The number of thioether (sulfide) groups is 1. The van der Waals surface area contributed by atoms with Crippen LogP contribution in [0.3, 0.4) is 0 Å². The van der Waals surface area contributed by atoms with E-state index < -0.39 is 29.6 Å². The van der Waals surface area contributed by atoms with Crippen molar-refractivity contribution in [2.75, 3.05) is 18.1 Å². The summed E-state index contributed by atoms with van der Waals surface area (Å²) < 4.78 is 7.02. The molecular weight excluding hydrogens is 430 g/mol. The van der Waals surface area contributed by atoms with Gasteiger partial charge in [0, 0.05) is 29.3 Å². The highest BCUT2D eigenvalue weighted by Gasteiger charge is 2.22. The van der Waals surface area contributed by atoms with E-state index in [9.17, 15) is 19.2 Å². The van der Waals surface area contributed by atoms with Crippen molar-refractivity contribution in [2.45, 2.75) is 31.7 Å². The van der Waals surface area contributed by atoms with Crippen molar-refractivity contribution in [2.24, 2.45) is 13.0 Å². The van der Waals surface area contributed by atoms with Crippen LogP contribution < -0.4 is 17.0 Å². The fourth-order valence-electron chi connectivity index (χ4n) is 2.66. The molecule has 1 aromatic carbocycles. The number of nitrogens with zero attached hydrogens (tertiary/aromatic N) is 2. The van der Waals surface area contributed by atoms with Gasteiger partial charge in [-0.1, -0.05) is 25.4 Å². The molecule has 0 aliphatic carbocycles. The number of carbonyl (C=O) groups is 2. The zero-order valence-electron chi connectivity index (χ0n) is 17.0. The molecule has 0 aliphatic rings. The van der Waals surface area contributed by atoms with Gasteiger partial charge >= 0.3 is 11.7 Å². The number of Topliss-reactive ketones (excluding diaryl/α,β-unsaturated/α-hetero) is 1. The summed E-state index contributed by atoms with van der Waals surface area (Å²) in [4.78, 5) is 50.1. The third-order valence-electron chi connectivity index (χ3n) is 4.16. The van der Waals surface area contributed by atoms with Crippen LogP contribution in [0.25, 0.3) is 0 Å². The van der Waals surface area contributed by atoms with Crippen LogP contribution in [0, 0.1) is 5.92 Å². The van der Waals surface area contributed by atoms with E-state index in [1.807, 2.05) is 26.0 Å². The van der Waals surface area contributed by atoms with Gasteiger partial charge in [0.05, 0.1) is 6.42 Å². The molecular formula is C20H24ClN3O5S. The van der Waals surface area contributed by atoms with Crippen molar-refractivity contribution in [3.8, 4) is 0 Å². The van der Waals surface area contributed by atoms with E-state index in [4.69, 9.17) is 22.1 Å². The first-order valence-corrected chi connectivity index (χ1v) is 10.6. The molecule has 0 amide bonds.